The predicted molar refractivity (Wildman–Crippen MR) is 41.4 cm³/mol. The molecule has 0 amide bonds. The highest BCUT2D eigenvalue weighted by Gasteiger charge is 2.23. The number of aliphatic hydroxyl groups excluding tert-OH is 5. The Kier molecular flexibility index (Phi) is 6.23. The van der Waals surface area contributed by atoms with E-state index in [9.17, 15) is 0 Å². The van der Waals surface area contributed by atoms with Gasteiger partial charge in [-0.15, -0.1) is 0 Å². The van der Waals surface area contributed by atoms with Gasteiger partial charge in [0.1, 0.15) is 12.2 Å². The SMILES string of the molecule is OCCCC(O)C(O)C(O)CO. The van der Waals surface area contributed by atoms with E-state index in [4.69, 9.17) is 25.5 Å². The molecule has 0 aliphatic heterocycles. The molecule has 0 aromatic rings. The van der Waals surface area contributed by atoms with Gasteiger partial charge in [0, 0.05) is 6.61 Å². The van der Waals surface area contributed by atoms with Crippen molar-refractivity contribution >= 4 is 0 Å². The Hall–Kier alpha value is -0.200. The van der Waals surface area contributed by atoms with Gasteiger partial charge >= 0.3 is 0 Å². The summed E-state index contributed by atoms with van der Waals surface area (Å²) < 4.78 is 0. The Morgan fingerprint density at radius 2 is 1.50 bits per heavy atom. The first-order valence-electron chi connectivity index (χ1n) is 3.89. The van der Waals surface area contributed by atoms with Gasteiger partial charge in [-0.1, -0.05) is 0 Å². The summed E-state index contributed by atoms with van der Waals surface area (Å²) in [4.78, 5) is 0. The van der Waals surface area contributed by atoms with Crippen molar-refractivity contribution in [2.45, 2.75) is 31.2 Å². The Bertz CT molecular complexity index is 108. The summed E-state index contributed by atoms with van der Waals surface area (Å²) in [5, 5.41) is 43.9. The standard InChI is InChI=1S/C7H16O5/c8-3-1-2-5(10)7(12)6(11)4-9/h5-12H,1-4H2. The second-order valence-electron chi connectivity index (χ2n) is 2.67. The van der Waals surface area contributed by atoms with Crippen LogP contribution >= 0.6 is 0 Å². The van der Waals surface area contributed by atoms with Crippen LogP contribution in [0.15, 0.2) is 0 Å². The van der Waals surface area contributed by atoms with E-state index in [0.717, 1.165) is 0 Å². The van der Waals surface area contributed by atoms with E-state index in [0.29, 0.717) is 6.42 Å². The number of hydrogen-bond acceptors (Lipinski definition) is 5. The van der Waals surface area contributed by atoms with Crippen LogP contribution < -0.4 is 0 Å². The highest BCUT2D eigenvalue weighted by atomic mass is 16.4. The fraction of sp³-hybridized carbons (Fsp3) is 1.00. The average molecular weight is 180 g/mol. The van der Waals surface area contributed by atoms with Crippen LogP contribution in [0, 0.1) is 0 Å². The molecule has 5 heteroatoms. The third kappa shape index (κ3) is 3.99. The zero-order valence-corrected chi connectivity index (χ0v) is 6.80. The monoisotopic (exact) mass is 180 g/mol. The summed E-state index contributed by atoms with van der Waals surface area (Å²) in [6.45, 7) is -0.656. The molecule has 0 saturated carbocycles. The minimum absolute atomic E-state index is 0.0704. The topological polar surface area (TPSA) is 101 Å². The largest absolute Gasteiger partial charge is 0.396 e. The van der Waals surface area contributed by atoms with Crippen molar-refractivity contribution in [2.24, 2.45) is 0 Å². The molecule has 12 heavy (non-hydrogen) atoms. The van der Waals surface area contributed by atoms with Crippen LogP contribution in [0.25, 0.3) is 0 Å². The molecule has 0 fully saturated rings. The van der Waals surface area contributed by atoms with Crippen molar-refractivity contribution in [3.63, 3.8) is 0 Å². The first-order chi connectivity index (χ1) is 5.63. The molecule has 0 rings (SSSR count). The van der Waals surface area contributed by atoms with E-state index < -0.39 is 24.9 Å². The summed E-state index contributed by atoms with van der Waals surface area (Å²) in [5.74, 6) is 0. The van der Waals surface area contributed by atoms with Gasteiger partial charge in [-0.05, 0) is 12.8 Å². The summed E-state index contributed by atoms with van der Waals surface area (Å²) in [6, 6.07) is 0. The van der Waals surface area contributed by atoms with Crippen LogP contribution in [0.3, 0.4) is 0 Å². The molecule has 0 aliphatic rings. The summed E-state index contributed by atoms with van der Waals surface area (Å²) in [6.07, 6.45) is -3.20. The molecule has 74 valence electrons. The molecule has 5 nitrogen and oxygen atoms in total. The maximum Gasteiger partial charge on any atom is 0.108 e. The second-order valence-corrected chi connectivity index (χ2v) is 2.67. The van der Waals surface area contributed by atoms with Crippen molar-refractivity contribution in [2.75, 3.05) is 13.2 Å². The van der Waals surface area contributed by atoms with E-state index in [1.54, 1.807) is 0 Å². The average Bonchev–Trinajstić information content (AvgIpc) is 2.11. The minimum Gasteiger partial charge on any atom is -0.396 e. The van der Waals surface area contributed by atoms with E-state index >= 15 is 0 Å². The molecule has 0 aromatic carbocycles. The zero-order chi connectivity index (χ0) is 9.56. The molecule has 3 atom stereocenters. The van der Waals surface area contributed by atoms with Crippen LogP contribution in [0.2, 0.25) is 0 Å². The van der Waals surface area contributed by atoms with Crippen molar-refractivity contribution in [1.82, 2.24) is 0 Å². The third-order valence-corrected chi connectivity index (χ3v) is 1.63. The van der Waals surface area contributed by atoms with Crippen molar-refractivity contribution in [3.8, 4) is 0 Å². The quantitative estimate of drug-likeness (QED) is 0.320. The molecule has 3 unspecified atom stereocenters. The molecule has 0 bridgehead atoms. The lowest BCUT2D eigenvalue weighted by atomic mass is 10.0. The molecule has 0 radical (unpaired) electrons. The van der Waals surface area contributed by atoms with Gasteiger partial charge in [0.05, 0.1) is 12.7 Å². The Labute approximate surface area is 70.9 Å². The molecule has 0 aromatic heterocycles. The predicted octanol–water partition coefficient (Wildman–Crippen LogP) is -2.17. The molecule has 5 N–H and O–H groups in total. The summed E-state index contributed by atoms with van der Waals surface area (Å²) in [7, 11) is 0. The van der Waals surface area contributed by atoms with E-state index in [-0.39, 0.29) is 13.0 Å². The lowest BCUT2D eigenvalue weighted by Gasteiger charge is -2.20. The molecule has 0 heterocycles. The van der Waals surface area contributed by atoms with Crippen molar-refractivity contribution in [1.29, 1.82) is 0 Å². The van der Waals surface area contributed by atoms with E-state index in [1.807, 2.05) is 0 Å². The van der Waals surface area contributed by atoms with Gasteiger partial charge in [0.2, 0.25) is 0 Å². The third-order valence-electron chi connectivity index (χ3n) is 1.63. The molecular formula is C7H16O5. The van der Waals surface area contributed by atoms with Crippen molar-refractivity contribution < 1.29 is 25.5 Å². The normalized spacial score (nSPS) is 18.8. The first kappa shape index (κ1) is 11.8. The van der Waals surface area contributed by atoms with Crippen LogP contribution in [0.4, 0.5) is 0 Å². The Balaban J connectivity index is 3.67. The maximum absolute atomic E-state index is 9.12. The van der Waals surface area contributed by atoms with Crippen LogP contribution in [-0.2, 0) is 0 Å². The van der Waals surface area contributed by atoms with E-state index in [1.165, 1.54) is 0 Å². The van der Waals surface area contributed by atoms with Crippen LogP contribution in [0.1, 0.15) is 12.8 Å². The van der Waals surface area contributed by atoms with Gasteiger partial charge in [-0.3, -0.25) is 0 Å². The van der Waals surface area contributed by atoms with Crippen molar-refractivity contribution in [3.05, 3.63) is 0 Å². The lowest BCUT2D eigenvalue weighted by molar-refractivity contribution is -0.0793. The van der Waals surface area contributed by atoms with Gasteiger partial charge in [-0.2, -0.15) is 0 Å². The fourth-order valence-corrected chi connectivity index (χ4v) is 0.836. The smallest absolute Gasteiger partial charge is 0.108 e. The minimum atomic E-state index is -1.35. The van der Waals surface area contributed by atoms with Gasteiger partial charge < -0.3 is 25.5 Å². The number of aliphatic hydroxyl groups is 5. The highest BCUT2D eigenvalue weighted by Crippen LogP contribution is 2.05. The summed E-state index contributed by atoms with van der Waals surface area (Å²) >= 11 is 0. The first-order valence-corrected chi connectivity index (χ1v) is 3.89. The van der Waals surface area contributed by atoms with Crippen LogP contribution in [-0.4, -0.2) is 57.1 Å². The molecular weight excluding hydrogens is 164 g/mol. The second kappa shape index (κ2) is 6.33. The van der Waals surface area contributed by atoms with E-state index in [2.05, 4.69) is 0 Å². The molecule has 0 aliphatic carbocycles. The highest BCUT2D eigenvalue weighted by molar-refractivity contribution is 4.74. The lowest BCUT2D eigenvalue weighted by Crippen LogP contribution is -2.39. The molecule has 0 spiro atoms. The Morgan fingerprint density at radius 3 is 1.92 bits per heavy atom. The zero-order valence-electron chi connectivity index (χ0n) is 6.80. The van der Waals surface area contributed by atoms with Gasteiger partial charge in [0.25, 0.3) is 0 Å². The number of hydrogen-bond donors (Lipinski definition) is 5. The Morgan fingerprint density at radius 1 is 0.917 bits per heavy atom. The maximum atomic E-state index is 9.12. The fourth-order valence-electron chi connectivity index (χ4n) is 0.836. The van der Waals surface area contributed by atoms with Gasteiger partial charge in [-0.25, -0.2) is 0 Å². The van der Waals surface area contributed by atoms with Crippen LogP contribution in [0.5, 0.6) is 0 Å². The number of rotatable bonds is 6. The molecule has 0 saturated heterocycles. The summed E-state index contributed by atoms with van der Waals surface area (Å²) in [5.41, 5.74) is 0. The van der Waals surface area contributed by atoms with Gasteiger partial charge in [0.15, 0.2) is 0 Å².